The molecule has 1 heterocycles. The van der Waals surface area contributed by atoms with Crippen LogP contribution >= 0.6 is 11.8 Å². The molecule has 0 aromatic heterocycles. The van der Waals surface area contributed by atoms with Crippen LogP contribution in [0.3, 0.4) is 0 Å². The third-order valence-electron chi connectivity index (χ3n) is 5.18. The van der Waals surface area contributed by atoms with Crippen molar-refractivity contribution in [3.05, 3.63) is 90.5 Å². The van der Waals surface area contributed by atoms with E-state index in [1.54, 1.807) is 42.5 Å². The van der Waals surface area contributed by atoms with Crippen molar-refractivity contribution in [1.82, 2.24) is 0 Å². The third kappa shape index (κ3) is 6.24. The van der Waals surface area contributed by atoms with Crippen LogP contribution in [-0.2, 0) is 19.2 Å². The quantitative estimate of drug-likeness (QED) is 0.373. The maximum Gasteiger partial charge on any atom is 0.248 e. The van der Waals surface area contributed by atoms with E-state index in [0.29, 0.717) is 17.1 Å². The average molecular weight is 486 g/mol. The predicted molar refractivity (Wildman–Crippen MR) is 138 cm³/mol. The summed E-state index contributed by atoms with van der Waals surface area (Å²) in [6.07, 6.45) is 3.30. The topological polar surface area (TPSA) is 95.6 Å². The van der Waals surface area contributed by atoms with Gasteiger partial charge in [0.15, 0.2) is 0 Å². The SMILES string of the molecule is CC(=O)Nc1ccc(N2C(=O)CC(Sc3ccc(NC(=O)/C=C/c4ccccc4)cc3)C2=O)cc1. The molecule has 1 fully saturated rings. The molecule has 7 nitrogen and oxygen atoms in total. The number of benzene rings is 3. The second-order valence-corrected chi connectivity index (χ2v) is 9.14. The molecular weight excluding hydrogens is 462 g/mol. The predicted octanol–water partition coefficient (Wildman–Crippen LogP) is 4.72. The van der Waals surface area contributed by atoms with Crippen LogP contribution < -0.4 is 15.5 Å². The molecule has 1 aliphatic heterocycles. The van der Waals surface area contributed by atoms with E-state index in [0.717, 1.165) is 10.5 Å². The number of thioether (sulfide) groups is 1. The van der Waals surface area contributed by atoms with Gasteiger partial charge in [0.1, 0.15) is 0 Å². The third-order valence-corrected chi connectivity index (χ3v) is 6.38. The Bertz CT molecular complexity index is 1270. The Morgan fingerprint density at radius 2 is 1.51 bits per heavy atom. The van der Waals surface area contributed by atoms with Gasteiger partial charge >= 0.3 is 0 Å². The molecule has 8 heteroatoms. The lowest BCUT2D eigenvalue weighted by Crippen LogP contribution is -2.31. The molecule has 1 aliphatic rings. The fourth-order valence-corrected chi connectivity index (χ4v) is 4.62. The molecule has 0 bridgehead atoms. The highest BCUT2D eigenvalue weighted by Crippen LogP contribution is 2.34. The molecule has 4 rings (SSSR count). The standard InChI is InChI=1S/C27H23N3O4S/c1-18(31)28-20-8-12-22(13-9-20)30-26(33)17-24(27(30)34)35-23-14-10-21(11-15-23)29-25(32)16-7-19-5-3-2-4-6-19/h2-16,24H,17H2,1H3,(H,28,31)(H,29,32)/b16-7+. The van der Waals surface area contributed by atoms with Gasteiger partial charge in [-0.15, -0.1) is 11.8 Å². The lowest BCUT2D eigenvalue weighted by Gasteiger charge is -2.15. The lowest BCUT2D eigenvalue weighted by molar-refractivity contribution is -0.121. The Kier molecular flexibility index (Phi) is 7.42. The summed E-state index contributed by atoms with van der Waals surface area (Å²) in [7, 11) is 0. The Labute approximate surface area is 207 Å². The lowest BCUT2D eigenvalue weighted by atomic mass is 10.2. The zero-order valence-electron chi connectivity index (χ0n) is 18.9. The summed E-state index contributed by atoms with van der Waals surface area (Å²) >= 11 is 1.31. The van der Waals surface area contributed by atoms with Crippen LogP contribution in [0, 0.1) is 0 Å². The smallest absolute Gasteiger partial charge is 0.248 e. The normalized spacial score (nSPS) is 15.5. The Morgan fingerprint density at radius 1 is 0.886 bits per heavy atom. The molecular formula is C27H23N3O4S. The van der Waals surface area contributed by atoms with Crippen molar-refractivity contribution in [1.29, 1.82) is 0 Å². The molecule has 176 valence electrons. The first-order valence-electron chi connectivity index (χ1n) is 10.9. The van der Waals surface area contributed by atoms with Crippen LogP contribution in [0.1, 0.15) is 18.9 Å². The molecule has 2 N–H and O–H groups in total. The second kappa shape index (κ2) is 10.8. The first-order valence-corrected chi connectivity index (χ1v) is 11.8. The van der Waals surface area contributed by atoms with Gasteiger partial charge in [0, 0.05) is 35.7 Å². The van der Waals surface area contributed by atoms with Crippen molar-refractivity contribution < 1.29 is 19.2 Å². The van der Waals surface area contributed by atoms with Gasteiger partial charge in [0.2, 0.25) is 23.6 Å². The Balaban J connectivity index is 1.35. The van der Waals surface area contributed by atoms with Crippen LogP contribution in [0.25, 0.3) is 6.08 Å². The molecule has 0 aliphatic carbocycles. The summed E-state index contributed by atoms with van der Waals surface area (Å²) in [5.74, 6) is -0.993. The first-order chi connectivity index (χ1) is 16.9. The summed E-state index contributed by atoms with van der Waals surface area (Å²) in [6.45, 7) is 1.41. The number of hydrogen-bond acceptors (Lipinski definition) is 5. The number of carbonyl (C=O) groups excluding carboxylic acids is 4. The highest BCUT2D eigenvalue weighted by molar-refractivity contribution is 8.00. The fraction of sp³-hybridized carbons (Fsp3) is 0.111. The number of nitrogens with one attached hydrogen (secondary N) is 2. The maximum absolute atomic E-state index is 12.9. The first kappa shape index (κ1) is 24.0. The van der Waals surface area contributed by atoms with Gasteiger partial charge in [-0.1, -0.05) is 30.3 Å². The van der Waals surface area contributed by atoms with E-state index < -0.39 is 5.25 Å². The molecule has 4 amide bonds. The van der Waals surface area contributed by atoms with Gasteiger partial charge in [-0.25, -0.2) is 4.90 Å². The number of carbonyl (C=O) groups is 4. The number of rotatable bonds is 7. The zero-order valence-corrected chi connectivity index (χ0v) is 19.7. The zero-order chi connectivity index (χ0) is 24.8. The minimum absolute atomic E-state index is 0.0969. The van der Waals surface area contributed by atoms with Gasteiger partial charge in [-0.2, -0.15) is 0 Å². The van der Waals surface area contributed by atoms with Crippen LogP contribution in [-0.4, -0.2) is 28.9 Å². The second-order valence-electron chi connectivity index (χ2n) is 7.86. The highest BCUT2D eigenvalue weighted by atomic mass is 32.2. The molecule has 1 saturated heterocycles. The van der Waals surface area contributed by atoms with Gasteiger partial charge in [0.05, 0.1) is 10.9 Å². The maximum atomic E-state index is 12.9. The number of imide groups is 1. The molecule has 0 radical (unpaired) electrons. The minimum atomic E-state index is -0.535. The summed E-state index contributed by atoms with van der Waals surface area (Å²) in [6, 6.07) is 23.3. The monoisotopic (exact) mass is 485 g/mol. The molecule has 3 aromatic rings. The number of anilines is 3. The van der Waals surface area contributed by atoms with E-state index >= 15 is 0 Å². The van der Waals surface area contributed by atoms with Gasteiger partial charge < -0.3 is 10.6 Å². The largest absolute Gasteiger partial charge is 0.326 e. The number of hydrogen-bond donors (Lipinski definition) is 2. The van der Waals surface area contributed by atoms with E-state index in [1.807, 2.05) is 42.5 Å². The number of nitrogens with zero attached hydrogens (tertiary/aromatic N) is 1. The van der Waals surface area contributed by atoms with E-state index in [4.69, 9.17) is 0 Å². The van der Waals surface area contributed by atoms with E-state index in [-0.39, 0.29) is 30.0 Å². The van der Waals surface area contributed by atoms with E-state index in [2.05, 4.69) is 10.6 Å². The van der Waals surface area contributed by atoms with E-state index in [1.165, 1.54) is 29.7 Å². The van der Waals surface area contributed by atoms with E-state index in [9.17, 15) is 19.2 Å². The number of amides is 4. The Hall–Kier alpha value is -4.17. The van der Waals surface area contributed by atoms with Crippen LogP contribution in [0.5, 0.6) is 0 Å². The fourth-order valence-electron chi connectivity index (χ4n) is 3.57. The summed E-state index contributed by atoms with van der Waals surface area (Å²) in [5, 5.41) is 4.92. The summed E-state index contributed by atoms with van der Waals surface area (Å²) < 4.78 is 0. The van der Waals surface area contributed by atoms with Crippen molar-refractivity contribution in [3.8, 4) is 0 Å². The van der Waals surface area contributed by atoms with Crippen molar-refractivity contribution in [2.24, 2.45) is 0 Å². The van der Waals surface area contributed by atoms with Crippen molar-refractivity contribution in [2.75, 3.05) is 15.5 Å². The van der Waals surface area contributed by atoms with Crippen molar-refractivity contribution in [2.45, 2.75) is 23.5 Å². The summed E-state index contributed by atoms with van der Waals surface area (Å²) in [5.41, 5.74) is 2.63. The van der Waals surface area contributed by atoms with Gasteiger partial charge in [-0.3, -0.25) is 19.2 Å². The molecule has 1 atom stereocenters. The van der Waals surface area contributed by atoms with Crippen molar-refractivity contribution >= 4 is 58.5 Å². The van der Waals surface area contributed by atoms with Crippen LogP contribution in [0.15, 0.2) is 89.8 Å². The molecule has 0 saturated carbocycles. The molecule has 1 unspecified atom stereocenters. The molecule has 0 spiro atoms. The summed E-state index contributed by atoms with van der Waals surface area (Å²) in [4.78, 5) is 50.8. The molecule has 3 aromatic carbocycles. The molecule has 35 heavy (non-hydrogen) atoms. The van der Waals surface area contributed by atoms with Crippen LogP contribution in [0.2, 0.25) is 0 Å². The highest BCUT2D eigenvalue weighted by Gasteiger charge is 2.40. The average Bonchev–Trinajstić information content (AvgIpc) is 3.12. The minimum Gasteiger partial charge on any atom is -0.326 e. The Morgan fingerprint density at radius 3 is 2.17 bits per heavy atom. The van der Waals surface area contributed by atoms with Gasteiger partial charge in [-0.05, 0) is 60.2 Å². The van der Waals surface area contributed by atoms with Gasteiger partial charge in [0.25, 0.3) is 0 Å². The van der Waals surface area contributed by atoms with Crippen molar-refractivity contribution in [3.63, 3.8) is 0 Å². The van der Waals surface area contributed by atoms with Crippen LogP contribution in [0.4, 0.5) is 17.1 Å².